The number of hydrogen-bond donors (Lipinski definition) is 2. The van der Waals surface area contributed by atoms with E-state index in [0.29, 0.717) is 6.04 Å². The normalized spacial score (nSPS) is 18.3. The van der Waals surface area contributed by atoms with Crippen LogP contribution in [0.1, 0.15) is 18.9 Å². The van der Waals surface area contributed by atoms with E-state index in [1.807, 2.05) is 17.8 Å². The van der Waals surface area contributed by atoms with Crippen LogP contribution in [0.15, 0.2) is 53.5 Å². The summed E-state index contributed by atoms with van der Waals surface area (Å²) < 4.78 is 1.22. The van der Waals surface area contributed by atoms with E-state index in [0.717, 1.165) is 46.6 Å². The van der Waals surface area contributed by atoms with Crippen LogP contribution < -0.4 is 10.6 Å². The highest BCUT2D eigenvalue weighted by molar-refractivity contribution is 8.14. The maximum absolute atomic E-state index is 4.75. The maximum Gasteiger partial charge on any atom is 0.183 e. The molecule has 0 radical (unpaired) electrons. The fourth-order valence-electron chi connectivity index (χ4n) is 2.88. The van der Waals surface area contributed by atoms with Gasteiger partial charge in [-0.25, -0.2) is 9.98 Å². The minimum atomic E-state index is 0.556. The van der Waals surface area contributed by atoms with Crippen LogP contribution in [0.25, 0.3) is 10.2 Å². The van der Waals surface area contributed by atoms with E-state index in [1.54, 1.807) is 11.3 Å². The molecule has 0 bridgehead atoms. The number of thiazole rings is 1. The summed E-state index contributed by atoms with van der Waals surface area (Å²) in [4.78, 5) is 9.37. The second-order valence-corrected chi connectivity index (χ2v) is 8.35. The van der Waals surface area contributed by atoms with Crippen LogP contribution in [0.4, 0.5) is 10.8 Å². The van der Waals surface area contributed by atoms with Crippen molar-refractivity contribution in [3.8, 4) is 0 Å². The zero-order valence-electron chi connectivity index (χ0n) is 14.7. The lowest BCUT2D eigenvalue weighted by Gasteiger charge is -2.06. The Balaban J connectivity index is 1.36. The predicted octanol–water partition coefficient (Wildman–Crippen LogP) is 5.05. The summed E-state index contributed by atoms with van der Waals surface area (Å²) >= 11 is 3.52. The molecule has 1 aliphatic heterocycles. The SMILES string of the molecule is CC[C@@H]1CS/C(=N/c2cccc(CCNc3nc4ccccc4s3)c2)N1. The van der Waals surface area contributed by atoms with Gasteiger partial charge in [-0.05, 0) is 42.7 Å². The molecule has 1 atom stereocenters. The first kappa shape index (κ1) is 17.4. The lowest BCUT2D eigenvalue weighted by atomic mass is 10.1. The number of para-hydroxylation sites is 1. The van der Waals surface area contributed by atoms with Crippen molar-refractivity contribution in [2.45, 2.75) is 25.8 Å². The van der Waals surface area contributed by atoms with Crippen molar-refractivity contribution in [1.82, 2.24) is 10.3 Å². The van der Waals surface area contributed by atoms with Gasteiger partial charge in [0, 0.05) is 18.3 Å². The van der Waals surface area contributed by atoms with Gasteiger partial charge < -0.3 is 10.6 Å². The third kappa shape index (κ3) is 4.19. The summed E-state index contributed by atoms with van der Waals surface area (Å²) in [6.07, 6.45) is 2.09. The molecule has 4 rings (SSSR count). The highest BCUT2D eigenvalue weighted by atomic mass is 32.2. The molecule has 3 aromatic rings. The van der Waals surface area contributed by atoms with Crippen molar-refractivity contribution < 1.29 is 0 Å². The van der Waals surface area contributed by atoms with Crippen LogP contribution in [-0.4, -0.2) is 28.5 Å². The van der Waals surface area contributed by atoms with Gasteiger partial charge in [0.2, 0.25) is 0 Å². The first-order chi connectivity index (χ1) is 12.8. The Kier molecular flexibility index (Phi) is 5.41. The maximum atomic E-state index is 4.75. The average molecular weight is 383 g/mol. The molecule has 6 heteroatoms. The van der Waals surface area contributed by atoms with Gasteiger partial charge in [-0.2, -0.15) is 0 Å². The molecule has 1 saturated heterocycles. The van der Waals surface area contributed by atoms with Crippen molar-refractivity contribution in [1.29, 1.82) is 0 Å². The van der Waals surface area contributed by atoms with Gasteiger partial charge >= 0.3 is 0 Å². The monoisotopic (exact) mass is 382 g/mol. The van der Waals surface area contributed by atoms with E-state index >= 15 is 0 Å². The number of benzene rings is 2. The van der Waals surface area contributed by atoms with Crippen LogP contribution >= 0.6 is 23.1 Å². The largest absolute Gasteiger partial charge is 0.361 e. The van der Waals surface area contributed by atoms with Gasteiger partial charge in [0.15, 0.2) is 10.3 Å². The van der Waals surface area contributed by atoms with E-state index in [-0.39, 0.29) is 0 Å². The molecule has 2 aromatic carbocycles. The molecule has 134 valence electrons. The summed E-state index contributed by atoms with van der Waals surface area (Å²) in [5.74, 6) is 1.11. The van der Waals surface area contributed by atoms with E-state index in [1.165, 1.54) is 10.3 Å². The number of anilines is 1. The number of aromatic nitrogens is 1. The Bertz CT molecular complexity index is 886. The standard InChI is InChI=1S/C20H22N4S2/c1-2-15-13-25-20(22-15)23-16-7-5-6-14(12-16)10-11-21-19-24-17-8-3-4-9-18(17)26-19/h3-9,12,15H,2,10-11,13H2,1H3,(H,21,24)(H,22,23)/t15-/m1/s1. The first-order valence-electron chi connectivity index (χ1n) is 8.96. The Labute approximate surface area is 162 Å². The van der Waals surface area contributed by atoms with Gasteiger partial charge in [0.1, 0.15) is 0 Å². The lowest BCUT2D eigenvalue weighted by Crippen LogP contribution is -2.25. The zero-order chi connectivity index (χ0) is 17.8. The van der Waals surface area contributed by atoms with E-state index in [4.69, 9.17) is 4.99 Å². The smallest absolute Gasteiger partial charge is 0.183 e. The second-order valence-electron chi connectivity index (χ2n) is 6.31. The van der Waals surface area contributed by atoms with E-state index < -0.39 is 0 Å². The quantitative estimate of drug-likeness (QED) is 0.626. The molecular weight excluding hydrogens is 360 g/mol. The molecule has 0 saturated carbocycles. The predicted molar refractivity (Wildman–Crippen MR) is 115 cm³/mol. The van der Waals surface area contributed by atoms with E-state index in [9.17, 15) is 0 Å². The van der Waals surface area contributed by atoms with Crippen LogP contribution in [0, 0.1) is 0 Å². The summed E-state index contributed by atoms with van der Waals surface area (Å²) in [6, 6.07) is 17.3. The van der Waals surface area contributed by atoms with Crippen LogP contribution in [0.2, 0.25) is 0 Å². The molecule has 1 aliphatic rings. The molecule has 1 fully saturated rings. The van der Waals surface area contributed by atoms with Crippen LogP contribution in [-0.2, 0) is 6.42 Å². The Morgan fingerprint density at radius 2 is 2.15 bits per heavy atom. The number of amidine groups is 1. The van der Waals surface area contributed by atoms with E-state index in [2.05, 4.69) is 65.0 Å². The van der Waals surface area contributed by atoms with Crippen molar-refractivity contribution >= 4 is 49.3 Å². The molecule has 0 aliphatic carbocycles. The molecule has 1 aromatic heterocycles. The Hall–Kier alpha value is -2.05. The molecule has 0 unspecified atom stereocenters. The fraction of sp³-hybridized carbons (Fsp3) is 0.300. The summed E-state index contributed by atoms with van der Waals surface area (Å²) in [7, 11) is 0. The summed E-state index contributed by atoms with van der Waals surface area (Å²) in [5.41, 5.74) is 3.37. The van der Waals surface area contributed by atoms with Crippen LogP contribution in [0.5, 0.6) is 0 Å². The number of aliphatic imine (C=N–C) groups is 1. The zero-order valence-corrected chi connectivity index (χ0v) is 16.4. The van der Waals surface area contributed by atoms with Crippen molar-refractivity contribution in [3.05, 3.63) is 54.1 Å². The Morgan fingerprint density at radius 1 is 1.23 bits per heavy atom. The molecule has 2 N–H and O–H groups in total. The van der Waals surface area contributed by atoms with Crippen LogP contribution in [0.3, 0.4) is 0 Å². The summed E-state index contributed by atoms with van der Waals surface area (Å²) in [5, 5.41) is 8.95. The van der Waals surface area contributed by atoms with Gasteiger partial charge in [-0.1, -0.05) is 54.3 Å². The molecule has 4 nitrogen and oxygen atoms in total. The molecular formula is C20H22N4S2. The van der Waals surface area contributed by atoms with Gasteiger partial charge in [-0.3, -0.25) is 0 Å². The third-order valence-corrected chi connectivity index (χ3v) is 6.41. The average Bonchev–Trinajstić information content (AvgIpc) is 3.28. The van der Waals surface area contributed by atoms with Gasteiger partial charge in [0.25, 0.3) is 0 Å². The molecule has 2 heterocycles. The summed E-state index contributed by atoms with van der Waals surface area (Å²) in [6.45, 7) is 3.07. The number of thioether (sulfide) groups is 1. The minimum absolute atomic E-state index is 0.556. The lowest BCUT2D eigenvalue weighted by molar-refractivity contribution is 0.668. The highest BCUT2D eigenvalue weighted by Crippen LogP contribution is 2.25. The first-order valence-corrected chi connectivity index (χ1v) is 10.8. The minimum Gasteiger partial charge on any atom is -0.361 e. The number of nitrogens with zero attached hydrogens (tertiary/aromatic N) is 2. The number of fused-ring (bicyclic) bond motifs is 1. The number of rotatable bonds is 6. The van der Waals surface area contributed by atoms with Crippen molar-refractivity contribution in [3.63, 3.8) is 0 Å². The third-order valence-electron chi connectivity index (χ3n) is 4.37. The molecule has 0 spiro atoms. The topological polar surface area (TPSA) is 49.3 Å². The Morgan fingerprint density at radius 3 is 3.00 bits per heavy atom. The van der Waals surface area contributed by atoms with Gasteiger partial charge in [0.05, 0.1) is 15.9 Å². The fourth-order valence-corrected chi connectivity index (χ4v) is 4.87. The molecule has 26 heavy (non-hydrogen) atoms. The molecule has 0 amide bonds. The number of nitrogens with one attached hydrogen (secondary N) is 2. The van der Waals surface area contributed by atoms with Gasteiger partial charge in [-0.15, -0.1) is 0 Å². The second kappa shape index (κ2) is 8.10. The number of hydrogen-bond acceptors (Lipinski definition) is 5. The van der Waals surface area contributed by atoms with Crippen molar-refractivity contribution in [2.24, 2.45) is 4.99 Å². The van der Waals surface area contributed by atoms with Crippen molar-refractivity contribution in [2.75, 3.05) is 17.6 Å². The highest BCUT2D eigenvalue weighted by Gasteiger charge is 2.18.